The fraction of sp³-hybridized carbons (Fsp3) is 0.553. The van der Waals surface area contributed by atoms with Crippen molar-refractivity contribution >= 4 is 52.1 Å². The number of carbonyl (C=O) groups is 3. The lowest BCUT2D eigenvalue weighted by Gasteiger charge is -2.25. The van der Waals surface area contributed by atoms with Crippen LogP contribution in [0.25, 0.3) is 21.6 Å². The van der Waals surface area contributed by atoms with Gasteiger partial charge in [0.15, 0.2) is 16.6 Å². The number of methoxy groups -OCH3 is 1. The van der Waals surface area contributed by atoms with Crippen molar-refractivity contribution in [2.45, 2.75) is 104 Å². The number of carbonyl (C=O) groups excluding carboxylic acids is 3. The van der Waals surface area contributed by atoms with Gasteiger partial charge in [0.05, 0.1) is 24.0 Å². The highest BCUT2D eigenvalue weighted by molar-refractivity contribution is 7.81. The molecule has 1 aliphatic heterocycles. The Labute approximate surface area is 320 Å². The normalized spacial score (nSPS) is 15.9. The summed E-state index contributed by atoms with van der Waals surface area (Å²) in [6.45, 7) is 15.4. The summed E-state index contributed by atoms with van der Waals surface area (Å²) in [5.74, 6) is 1.29. The number of aryl methyl sites for hydroxylation is 1. The van der Waals surface area contributed by atoms with Crippen LogP contribution in [0.1, 0.15) is 89.8 Å². The molecule has 2 unspecified atom stereocenters. The molecule has 3 N–H and O–H groups in total. The van der Waals surface area contributed by atoms with Gasteiger partial charge in [0.1, 0.15) is 16.9 Å². The molecule has 0 radical (unpaired) electrons. The molecule has 0 spiro atoms. The predicted octanol–water partition coefficient (Wildman–Crippen LogP) is 5.62. The number of rotatable bonds is 15. The maximum atomic E-state index is 12.4. The van der Waals surface area contributed by atoms with Crippen LogP contribution in [0.2, 0.25) is 0 Å². The first-order valence-electron chi connectivity index (χ1n) is 18.0. The number of amides is 3. The second-order valence-electron chi connectivity index (χ2n) is 13.3. The number of fused-ring (bicyclic) bond motifs is 1. The van der Waals surface area contributed by atoms with Crippen molar-refractivity contribution in [3.63, 3.8) is 0 Å². The first-order valence-corrected chi connectivity index (χ1v) is 20.0. The Morgan fingerprint density at radius 3 is 2.40 bits per heavy atom. The Kier molecular flexibility index (Phi) is 20.2. The smallest absolute Gasteiger partial charge is 0.251 e. The fourth-order valence-electron chi connectivity index (χ4n) is 5.16. The van der Waals surface area contributed by atoms with Gasteiger partial charge in [-0.15, -0.1) is 17.9 Å². The van der Waals surface area contributed by atoms with Gasteiger partial charge in [0, 0.05) is 61.7 Å². The van der Waals surface area contributed by atoms with E-state index in [0.717, 1.165) is 78.3 Å². The first kappa shape index (κ1) is 45.2. The number of aromatic nitrogens is 2. The topological polar surface area (TPSA) is 163 Å². The van der Waals surface area contributed by atoms with Crippen molar-refractivity contribution in [3.8, 4) is 16.5 Å². The fourth-order valence-corrected chi connectivity index (χ4v) is 6.40. The minimum atomic E-state index is -1.36. The average molecular weight is 775 g/mol. The van der Waals surface area contributed by atoms with Gasteiger partial charge in [0.25, 0.3) is 5.91 Å². The number of benzene rings is 1. The summed E-state index contributed by atoms with van der Waals surface area (Å²) in [5, 5.41) is 6.19. The van der Waals surface area contributed by atoms with Gasteiger partial charge in [-0.2, -0.15) is 0 Å². The Morgan fingerprint density at radius 2 is 1.91 bits per heavy atom. The minimum Gasteiger partial charge on any atom is -0.496 e. The number of nitrogens with one attached hydrogen (secondary N) is 3. The summed E-state index contributed by atoms with van der Waals surface area (Å²) in [6, 6.07) is 6.16. The number of allylic oxidation sites excluding steroid dienone is 1. The van der Waals surface area contributed by atoms with E-state index in [1.54, 1.807) is 44.7 Å². The van der Waals surface area contributed by atoms with Gasteiger partial charge in [-0.1, -0.05) is 19.9 Å². The van der Waals surface area contributed by atoms with Crippen molar-refractivity contribution in [3.05, 3.63) is 57.7 Å². The monoisotopic (exact) mass is 774 g/mol. The van der Waals surface area contributed by atoms with Crippen LogP contribution in [0.3, 0.4) is 0 Å². The standard InChI is InChI=1S/C17H18N2O2S.C14H25NO2.C4H7NO.C3H8N2O2S/c1-9(2)13-8-22-17(19-13)12-7-14(20)11-5-6-15(21-4)10(3)16(11)18-12;1-4-5-6-7-11-17-13(3)14(16)15-10-8-9-12(15)2;6-3-5-4-1-2-4;1-5(2)8(7)4-3-6/h5-9H,1-4H3,(H,18,20);4,12-13H,1,5-11H2,2-3H3;3-4H,1-2H2,(H,5,6);3H,1-2H3,(H,4,6)/t;12?,13-;;/m.1../s1. The van der Waals surface area contributed by atoms with E-state index in [-0.39, 0.29) is 17.4 Å². The summed E-state index contributed by atoms with van der Waals surface area (Å²) >= 11 is 0.195. The van der Waals surface area contributed by atoms with Crippen LogP contribution in [0.4, 0.5) is 0 Å². The number of unbranched alkanes of at least 4 members (excludes halogenated alkanes) is 2. The Balaban J connectivity index is 0.000000275. The molecule has 1 aliphatic carbocycles. The van der Waals surface area contributed by atoms with Crippen LogP contribution in [0.5, 0.6) is 5.75 Å². The molecule has 2 aliphatic rings. The molecule has 3 aromatic rings. The number of thiazole rings is 1. The molecule has 1 aromatic carbocycles. The number of aromatic amines is 1. The highest BCUT2D eigenvalue weighted by Crippen LogP contribution is 2.29. The summed E-state index contributed by atoms with van der Waals surface area (Å²) in [7, 11) is 4.84. The number of likely N-dealkylation sites (tertiary alicyclic amines) is 1. The third-order valence-corrected chi connectivity index (χ3v) is 10.4. The molecule has 294 valence electrons. The largest absolute Gasteiger partial charge is 0.496 e. The molecular formula is C38H58N6O7S2. The van der Waals surface area contributed by atoms with Gasteiger partial charge < -0.3 is 24.7 Å². The molecule has 5 rings (SSSR count). The molecule has 0 bridgehead atoms. The molecule has 2 aromatic heterocycles. The molecule has 3 amide bonds. The summed E-state index contributed by atoms with van der Waals surface area (Å²) in [5.41, 5.74) is 3.53. The Morgan fingerprint density at radius 1 is 1.19 bits per heavy atom. The third-order valence-electron chi connectivity index (χ3n) is 8.50. The Hall–Kier alpha value is -3.92. The van der Waals surface area contributed by atoms with Crippen molar-refractivity contribution in [2.75, 3.05) is 34.4 Å². The van der Waals surface area contributed by atoms with Gasteiger partial charge in [0.2, 0.25) is 12.8 Å². The van der Waals surface area contributed by atoms with Gasteiger partial charge in [-0.05, 0) is 83.8 Å². The molecule has 53 heavy (non-hydrogen) atoms. The summed E-state index contributed by atoms with van der Waals surface area (Å²) in [6.07, 6.45) is 10.5. The lowest BCUT2D eigenvalue weighted by atomic mass is 10.1. The van der Waals surface area contributed by atoms with Gasteiger partial charge in [-0.3, -0.25) is 23.9 Å². The number of ether oxygens (including phenoxy) is 2. The SMILES string of the molecule is C=CCCCCO[C@H](C)C(=O)N1CCCC1C.CN(C)S(=O)NC=O.COc1ccc2c(=O)cc(-c3nc(C(C)C)cs3)[nH]c2c1C.O=CNC1CC1. The van der Waals surface area contributed by atoms with Crippen LogP contribution >= 0.6 is 11.3 Å². The number of H-pyrrole nitrogens is 1. The number of pyridine rings is 1. The molecular weight excluding hydrogens is 717 g/mol. The Bertz CT molecular complexity index is 1690. The lowest BCUT2D eigenvalue weighted by Crippen LogP contribution is -2.41. The molecule has 1 saturated heterocycles. The van der Waals surface area contributed by atoms with Gasteiger partial charge in [-0.25, -0.2) is 13.5 Å². The second-order valence-corrected chi connectivity index (χ2v) is 15.6. The highest BCUT2D eigenvalue weighted by atomic mass is 32.2. The zero-order valence-electron chi connectivity index (χ0n) is 32.4. The van der Waals surface area contributed by atoms with E-state index in [2.05, 4.69) is 47.4 Å². The lowest BCUT2D eigenvalue weighted by molar-refractivity contribution is -0.143. The van der Waals surface area contributed by atoms with E-state index < -0.39 is 11.2 Å². The van der Waals surface area contributed by atoms with E-state index in [0.29, 0.717) is 36.4 Å². The van der Waals surface area contributed by atoms with Crippen molar-refractivity contribution in [1.29, 1.82) is 0 Å². The van der Waals surface area contributed by atoms with Crippen molar-refractivity contribution in [1.82, 2.24) is 29.2 Å². The minimum absolute atomic E-state index is 0.00389. The van der Waals surface area contributed by atoms with Crippen molar-refractivity contribution < 1.29 is 28.1 Å². The molecule has 3 heterocycles. The zero-order valence-corrected chi connectivity index (χ0v) is 34.1. The predicted molar refractivity (Wildman–Crippen MR) is 214 cm³/mol. The van der Waals surface area contributed by atoms with Crippen LogP contribution in [0.15, 0.2) is 41.0 Å². The molecule has 1 saturated carbocycles. The van der Waals surface area contributed by atoms with E-state index in [4.69, 9.17) is 9.47 Å². The van der Waals surface area contributed by atoms with E-state index in [1.165, 1.54) is 17.1 Å². The van der Waals surface area contributed by atoms with Crippen LogP contribution in [-0.4, -0.2) is 94.7 Å². The first-order chi connectivity index (χ1) is 25.3. The second kappa shape index (κ2) is 23.7. The van der Waals surface area contributed by atoms with Crippen LogP contribution in [-0.2, 0) is 30.3 Å². The summed E-state index contributed by atoms with van der Waals surface area (Å²) in [4.78, 5) is 53.5. The van der Waals surface area contributed by atoms with Crippen LogP contribution in [0, 0.1) is 6.92 Å². The molecule has 3 atom stereocenters. The third kappa shape index (κ3) is 15.2. The van der Waals surface area contributed by atoms with E-state index >= 15 is 0 Å². The maximum Gasteiger partial charge on any atom is 0.251 e. The average Bonchev–Trinajstić information content (AvgIpc) is 3.61. The van der Waals surface area contributed by atoms with Crippen LogP contribution < -0.4 is 20.2 Å². The van der Waals surface area contributed by atoms with Gasteiger partial charge >= 0.3 is 0 Å². The van der Waals surface area contributed by atoms with Crippen molar-refractivity contribution in [2.24, 2.45) is 0 Å². The number of hydrogen-bond donors (Lipinski definition) is 3. The zero-order chi connectivity index (χ0) is 39.5. The number of nitrogens with zero attached hydrogens (tertiary/aromatic N) is 3. The highest BCUT2D eigenvalue weighted by Gasteiger charge is 2.28. The van der Waals surface area contributed by atoms with E-state index in [9.17, 15) is 23.4 Å². The maximum absolute atomic E-state index is 12.4. The molecule has 13 nitrogen and oxygen atoms in total. The molecule has 2 fully saturated rings. The summed E-state index contributed by atoms with van der Waals surface area (Å²) < 4.78 is 24.8. The van der Waals surface area contributed by atoms with E-state index in [1.807, 2.05) is 36.3 Å². The quantitative estimate of drug-likeness (QED) is 0.102. The molecule has 15 heteroatoms. The number of hydrogen-bond acceptors (Lipinski definition) is 9.